The number of methoxy groups -OCH3 is 1. The maximum Gasteiger partial charge on any atom is 0.331 e. The van der Waals surface area contributed by atoms with Gasteiger partial charge in [-0.05, 0) is 46.7 Å². The van der Waals surface area contributed by atoms with Gasteiger partial charge in [-0.25, -0.2) is 13.2 Å². The molecule has 9 heteroatoms. The Hall–Kier alpha value is -3.69. The topological polar surface area (TPSA) is 93.2 Å². The fraction of sp³-hybridized carbons (Fsp3) is 0.231. The van der Waals surface area contributed by atoms with E-state index in [0.29, 0.717) is 5.75 Å². The zero-order chi connectivity index (χ0) is 24.8. The summed E-state index contributed by atoms with van der Waals surface area (Å²) in [7, 11) is -2.12. The Morgan fingerprint density at radius 3 is 2.40 bits per heavy atom. The Kier molecular flexibility index (Phi) is 7.48. The van der Waals surface area contributed by atoms with Crippen molar-refractivity contribution in [2.24, 2.45) is 0 Å². The lowest BCUT2D eigenvalue weighted by Gasteiger charge is -2.33. The zero-order valence-electron chi connectivity index (χ0n) is 19.3. The van der Waals surface area contributed by atoms with Gasteiger partial charge in [0.05, 0.1) is 12.0 Å². The highest BCUT2D eigenvalue weighted by atomic mass is 32.2. The number of esters is 1. The fourth-order valence-electron chi connectivity index (χ4n) is 3.84. The molecule has 1 heterocycles. The van der Waals surface area contributed by atoms with Crippen molar-refractivity contribution in [3.05, 3.63) is 78.4 Å². The molecule has 1 aliphatic rings. The first-order valence-corrected chi connectivity index (χ1v) is 12.6. The number of carbonyl (C=O) groups is 2. The van der Waals surface area contributed by atoms with E-state index in [1.807, 2.05) is 30.3 Å². The van der Waals surface area contributed by atoms with Crippen molar-refractivity contribution in [2.45, 2.75) is 4.90 Å². The van der Waals surface area contributed by atoms with Gasteiger partial charge in [-0.3, -0.25) is 4.79 Å². The number of carbonyl (C=O) groups excluding carboxylic acids is 2. The maximum atomic E-state index is 13.1. The van der Waals surface area contributed by atoms with Gasteiger partial charge < -0.3 is 14.4 Å². The van der Waals surface area contributed by atoms with Gasteiger partial charge in [-0.2, -0.15) is 4.31 Å². The van der Waals surface area contributed by atoms with Crippen LogP contribution < -0.4 is 4.74 Å². The quantitative estimate of drug-likeness (QED) is 0.370. The summed E-state index contributed by atoms with van der Waals surface area (Å²) in [6.45, 7) is 0.388. The molecule has 3 aromatic carbocycles. The Labute approximate surface area is 204 Å². The molecule has 182 valence electrons. The van der Waals surface area contributed by atoms with Crippen molar-refractivity contribution >= 4 is 38.7 Å². The number of piperazine rings is 1. The third kappa shape index (κ3) is 5.87. The number of fused-ring (bicyclic) bond motifs is 1. The van der Waals surface area contributed by atoms with Gasteiger partial charge >= 0.3 is 5.97 Å². The van der Waals surface area contributed by atoms with Crippen LogP contribution >= 0.6 is 0 Å². The average Bonchev–Trinajstić information content (AvgIpc) is 2.90. The number of ether oxygens (including phenoxy) is 2. The summed E-state index contributed by atoms with van der Waals surface area (Å²) < 4.78 is 37.8. The van der Waals surface area contributed by atoms with Crippen LogP contribution in [-0.2, 0) is 24.3 Å². The van der Waals surface area contributed by atoms with Gasteiger partial charge in [-0.1, -0.05) is 42.5 Å². The fourth-order valence-corrected chi connectivity index (χ4v) is 5.29. The molecule has 0 bridgehead atoms. The largest absolute Gasteiger partial charge is 0.497 e. The zero-order valence-corrected chi connectivity index (χ0v) is 20.1. The van der Waals surface area contributed by atoms with E-state index in [2.05, 4.69) is 0 Å². The van der Waals surface area contributed by atoms with E-state index in [4.69, 9.17) is 9.47 Å². The van der Waals surface area contributed by atoms with Crippen LogP contribution in [0.3, 0.4) is 0 Å². The standard InChI is InChI=1S/C26H26N2O6S/c1-33-23-8-4-5-20(17-23)9-12-26(30)34-19-25(29)27-13-15-28(16-14-27)35(31,32)24-11-10-21-6-2-3-7-22(21)18-24/h2-12,17-18H,13-16,19H2,1H3/b12-9+. The van der Waals surface area contributed by atoms with Crippen molar-refractivity contribution in [3.8, 4) is 5.75 Å². The van der Waals surface area contributed by atoms with Gasteiger partial charge in [-0.15, -0.1) is 0 Å². The van der Waals surface area contributed by atoms with Crippen molar-refractivity contribution in [1.29, 1.82) is 0 Å². The molecule has 1 amide bonds. The number of benzene rings is 3. The first-order chi connectivity index (χ1) is 16.9. The van der Waals surface area contributed by atoms with Crippen molar-refractivity contribution in [2.75, 3.05) is 39.9 Å². The first kappa shape index (κ1) is 24.4. The Morgan fingerprint density at radius 1 is 0.914 bits per heavy atom. The van der Waals surface area contributed by atoms with E-state index in [9.17, 15) is 18.0 Å². The van der Waals surface area contributed by atoms with Crippen LogP contribution in [0.5, 0.6) is 5.75 Å². The van der Waals surface area contributed by atoms with E-state index in [-0.39, 0.29) is 37.0 Å². The lowest BCUT2D eigenvalue weighted by molar-refractivity contribution is -0.148. The molecule has 0 spiro atoms. The monoisotopic (exact) mass is 494 g/mol. The third-order valence-electron chi connectivity index (χ3n) is 5.79. The highest BCUT2D eigenvalue weighted by molar-refractivity contribution is 7.89. The van der Waals surface area contributed by atoms with Crippen LogP contribution in [0.4, 0.5) is 0 Å². The molecule has 1 aliphatic heterocycles. The molecule has 0 aliphatic carbocycles. The Morgan fingerprint density at radius 2 is 1.66 bits per heavy atom. The molecule has 0 saturated carbocycles. The molecule has 0 N–H and O–H groups in total. The van der Waals surface area contributed by atoms with Gasteiger partial charge in [0, 0.05) is 32.3 Å². The first-order valence-electron chi connectivity index (χ1n) is 11.1. The normalized spacial score (nSPS) is 14.8. The maximum absolute atomic E-state index is 13.1. The summed E-state index contributed by atoms with van der Waals surface area (Å²) in [5, 5.41) is 1.82. The van der Waals surface area contributed by atoms with Crippen molar-refractivity contribution in [1.82, 2.24) is 9.21 Å². The lowest BCUT2D eigenvalue weighted by Crippen LogP contribution is -2.51. The van der Waals surface area contributed by atoms with E-state index >= 15 is 0 Å². The third-order valence-corrected chi connectivity index (χ3v) is 7.69. The van der Waals surface area contributed by atoms with Crippen LogP contribution in [0.15, 0.2) is 77.7 Å². The minimum atomic E-state index is -3.68. The lowest BCUT2D eigenvalue weighted by atomic mass is 10.1. The number of sulfonamides is 1. The second-order valence-corrected chi connectivity index (χ2v) is 9.95. The second kappa shape index (κ2) is 10.7. The van der Waals surface area contributed by atoms with Gasteiger partial charge in [0.25, 0.3) is 5.91 Å². The summed E-state index contributed by atoms with van der Waals surface area (Å²) in [5.74, 6) is -0.341. The molecule has 0 atom stereocenters. The molecule has 0 radical (unpaired) electrons. The predicted octanol–water partition coefficient (Wildman–Crippen LogP) is 2.94. The Bertz CT molecular complexity index is 1360. The van der Waals surface area contributed by atoms with Gasteiger partial charge in [0.1, 0.15) is 5.75 Å². The smallest absolute Gasteiger partial charge is 0.331 e. The SMILES string of the molecule is COc1cccc(/C=C/C(=O)OCC(=O)N2CCN(S(=O)(=O)c3ccc4ccccc4c3)CC2)c1. The van der Waals surface area contributed by atoms with Crippen LogP contribution in [0, 0.1) is 0 Å². The van der Waals surface area contributed by atoms with Crippen LogP contribution in [0.1, 0.15) is 5.56 Å². The minimum absolute atomic E-state index is 0.171. The molecule has 0 unspecified atom stereocenters. The summed E-state index contributed by atoms with van der Waals surface area (Å²) in [6.07, 6.45) is 2.82. The van der Waals surface area contributed by atoms with Crippen LogP contribution in [0.25, 0.3) is 16.8 Å². The molecule has 35 heavy (non-hydrogen) atoms. The molecule has 3 aromatic rings. The van der Waals surface area contributed by atoms with Crippen LogP contribution in [0.2, 0.25) is 0 Å². The molecule has 0 aromatic heterocycles. The number of amides is 1. The number of hydrogen-bond acceptors (Lipinski definition) is 6. The van der Waals surface area contributed by atoms with Gasteiger partial charge in [0.2, 0.25) is 10.0 Å². The van der Waals surface area contributed by atoms with Crippen molar-refractivity contribution < 1.29 is 27.5 Å². The number of nitrogens with zero attached hydrogens (tertiary/aromatic N) is 2. The number of hydrogen-bond donors (Lipinski definition) is 0. The average molecular weight is 495 g/mol. The summed E-state index contributed by atoms with van der Waals surface area (Å²) in [6, 6.07) is 19.8. The molecule has 4 rings (SSSR count). The number of rotatable bonds is 7. The molecule has 1 saturated heterocycles. The van der Waals surface area contributed by atoms with E-state index < -0.39 is 22.6 Å². The van der Waals surface area contributed by atoms with E-state index in [1.54, 1.807) is 49.6 Å². The molecule has 1 fully saturated rings. The highest BCUT2D eigenvalue weighted by Crippen LogP contribution is 2.23. The summed E-state index contributed by atoms with van der Waals surface area (Å²) in [4.78, 5) is 26.2. The van der Waals surface area contributed by atoms with E-state index in [0.717, 1.165) is 16.3 Å². The summed E-state index contributed by atoms with van der Waals surface area (Å²) >= 11 is 0. The minimum Gasteiger partial charge on any atom is -0.497 e. The highest BCUT2D eigenvalue weighted by Gasteiger charge is 2.30. The predicted molar refractivity (Wildman–Crippen MR) is 132 cm³/mol. The van der Waals surface area contributed by atoms with Gasteiger partial charge in [0.15, 0.2) is 6.61 Å². The summed E-state index contributed by atoms with van der Waals surface area (Å²) in [5.41, 5.74) is 0.761. The Balaban J connectivity index is 1.28. The van der Waals surface area contributed by atoms with Crippen molar-refractivity contribution in [3.63, 3.8) is 0 Å². The molecular formula is C26H26N2O6S. The molecular weight excluding hydrogens is 468 g/mol. The van der Waals surface area contributed by atoms with Crippen LogP contribution in [-0.4, -0.2) is 69.4 Å². The molecule has 8 nitrogen and oxygen atoms in total. The second-order valence-electron chi connectivity index (χ2n) is 8.01. The van der Waals surface area contributed by atoms with E-state index in [1.165, 1.54) is 15.3 Å².